The molecule has 0 unspecified atom stereocenters. The Bertz CT molecular complexity index is 709. The van der Waals surface area contributed by atoms with Gasteiger partial charge in [0.05, 0.1) is 10.7 Å². The maximum Gasteiger partial charge on any atom is 0.454 e. The van der Waals surface area contributed by atoms with E-state index in [1.807, 2.05) is 20.8 Å². The van der Waals surface area contributed by atoms with E-state index in [0.29, 0.717) is 22.3 Å². The van der Waals surface area contributed by atoms with Crippen molar-refractivity contribution in [2.45, 2.75) is 37.4 Å². The summed E-state index contributed by atoms with van der Waals surface area (Å²) in [5, 5.41) is 8.20. The van der Waals surface area contributed by atoms with E-state index < -0.39 is 17.5 Å². The maximum absolute atomic E-state index is 12.3. The molecule has 0 aliphatic carbocycles. The van der Waals surface area contributed by atoms with Crippen LogP contribution in [-0.2, 0) is 4.79 Å². The fourth-order valence-corrected chi connectivity index (χ4v) is 2.81. The summed E-state index contributed by atoms with van der Waals surface area (Å²) in [6.07, 6.45) is -4.38. The van der Waals surface area contributed by atoms with E-state index in [4.69, 9.17) is 0 Å². The van der Waals surface area contributed by atoms with Crippen molar-refractivity contribution in [3.63, 3.8) is 0 Å². The first-order chi connectivity index (χ1) is 10.9. The topological polar surface area (TPSA) is 70.2 Å². The fraction of sp³-hybridized carbons (Fsp3) is 0.333. The monoisotopic (exact) mass is 359 g/mol. The van der Waals surface area contributed by atoms with E-state index in [9.17, 15) is 22.8 Å². The normalized spacial score (nSPS) is 15.7. The van der Waals surface area contributed by atoms with E-state index in [1.54, 1.807) is 18.2 Å². The zero-order chi connectivity index (χ0) is 18.1. The fourth-order valence-electron chi connectivity index (χ4n) is 1.83. The van der Waals surface area contributed by atoms with Crippen LogP contribution in [0.5, 0.6) is 0 Å². The largest absolute Gasteiger partial charge is 0.454 e. The Balaban J connectivity index is 2.08. The van der Waals surface area contributed by atoms with Gasteiger partial charge in [0.2, 0.25) is 0 Å². The Morgan fingerprint density at radius 1 is 1.21 bits per heavy atom. The predicted octanol–water partition coefficient (Wildman–Crippen LogP) is 4.10. The van der Waals surface area contributed by atoms with Gasteiger partial charge in [-0.3, -0.25) is 4.79 Å². The second-order valence-electron chi connectivity index (χ2n) is 6.14. The highest BCUT2D eigenvalue weighted by molar-refractivity contribution is 8.03. The highest BCUT2D eigenvalue weighted by Crippen LogP contribution is 2.42. The van der Waals surface area contributed by atoms with Gasteiger partial charge < -0.3 is 16.0 Å². The molecule has 2 rings (SSSR count). The lowest BCUT2D eigenvalue weighted by atomic mass is 10.1. The van der Waals surface area contributed by atoms with Gasteiger partial charge in [0.25, 0.3) is 5.78 Å². The number of ketones is 1. The summed E-state index contributed by atoms with van der Waals surface area (Å²) in [6.45, 7) is 5.51. The number of carbonyl (C=O) groups is 2. The molecule has 0 fully saturated rings. The average molecular weight is 359 g/mol. The molecule has 130 valence electrons. The standard InChI is InChI=1S/C15H16F3N3O2S/c1-14(2,3)21-13(23)19-8-4-5-9-10(6-8)24-12(20-9)7-11(22)15(16,17)18/h4-7,20H,1-3H3,(H2,19,21,23)/b12-7+. The molecular weight excluding hydrogens is 343 g/mol. The number of allylic oxidation sites excluding steroid dienone is 1. The lowest BCUT2D eigenvalue weighted by Crippen LogP contribution is -2.43. The van der Waals surface area contributed by atoms with Crippen LogP contribution in [0.1, 0.15) is 20.8 Å². The maximum atomic E-state index is 12.3. The van der Waals surface area contributed by atoms with E-state index in [0.717, 1.165) is 11.8 Å². The molecule has 9 heteroatoms. The van der Waals surface area contributed by atoms with Crippen LogP contribution in [0.25, 0.3) is 0 Å². The molecular formula is C15H16F3N3O2S. The van der Waals surface area contributed by atoms with Crippen LogP contribution in [0.15, 0.2) is 34.2 Å². The number of amides is 2. The molecule has 0 saturated heterocycles. The van der Waals surface area contributed by atoms with E-state index in [1.165, 1.54) is 0 Å². The van der Waals surface area contributed by atoms with Crippen molar-refractivity contribution in [3.05, 3.63) is 29.3 Å². The van der Waals surface area contributed by atoms with E-state index >= 15 is 0 Å². The number of carbonyl (C=O) groups excluding carboxylic acids is 2. The van der Waals surface area contributed by atoms with Crippen LogP contribution in [-0.4, -0.2) is 23.5 Å². The van der Waals surface area contributed by atoms with E-state index in [-0.39, 0.29) is 11.1 Å². The lowest BCUT2D eigenvalue weighted by molar-refractivity contribution is -0.165. The minimum atomic E-state index is -4.90. The molecule has 1 aliphatic rings. The number of fused-ring (bicyclic) bond motifs is 1. The van der Waals surface area contributed by atoms with Gasteiger partial charge in [-0.05, 0) is 39.0 Å². The molecule has 0 atom stereocenters. The molecule has 1 aromatic rings. The van der Waals surface area contributed by atoms with Crippen molar-refractivity contribution in [1.82, 2.24) is 5.32 Å². The Morgan fingerprint density at radius 2 is 1.88 bits per heavy atom. The molecule has 0 saturated carbocycles. The van der Waals surface area contributed by atoms with Gasteiger partial charge in [0.15, 0.2) is 0 Å². The van der Waals surface area contributed by atoms with Crippen molar-refractivity contribution in [2.24, 2.45) is 0 Å². The quantitative estimate of drug-likeness (QED) is 0.696. The summed E-state index contributed by atoms with van der Waals surface area (Å²) in [5.41, 5.74) is 0.668. The highest BCUT2D eigenvalue weighted by atomic mass is 32.2. The molecule has 0 spiro atoms. The first kappa shape index (κ1) is 18.2. The molecule has 1 aromatic carbocycles. The molecule has 24 heavy (non-hydrogen) atoms. The smallest absolute Gasteiger partial charge is 0.349 e. The number of benzene rings is 1. The van der Waals surface area contributed by atoms with Crippen LogP contribution in [0.4, 0.5) is 29.3 Å². The lowest BCUT2D eigenvalue weighted by Gasteiger charge is -2.20. The number of anilines is 2. The summed E-state index contributed by atoms with van der Waals surface area (Å²) < 4.78 is 36.9. The Kier molecular flexibility index (Phi) is 4.84. The van der Waals surface area contributed by atoms with Gasteiger partial charge in [-0.25, -0.2) is 4.79 Å². The van der Waals surface area contributed by atoms with Crippen LogP contribution in [0, 0.1) is 0 Å². The number of thioether (sulfide) groups is 1. The third-order valence-electron chi connectivity index (χ3n) is 2.75. The molecule has 1 aliphatic heterocycles. The third-order valence-corrected chi connectivity index (χ3v) is 3.74. The van der Waals surface area contributed by atoms with Gasteiger partial charge in [-0.15, -0.1) is 0 Å². The summed E-state index contributed by atoms with van der Waals surface area (Å²) in [4.78, 5) is 23.4. The minimum Gasteiger partial charge on any atom is -0.349 e. The van der Waals surface area contributed by atoms with Crippen LogP contribution < -0.4 is 16.0 Å². The summed E-state index contributed by atoms with van der Waals surface area (Å²) >= 11 is 0.992. The Hall–Kier alpha value is -2.16. The molecule has 5 nitrogen and oxygen atoms in total. The SMILES string of the molecule is CC(C)(C)NC(=O)Nc1ccc2c(c1)S/C(=C/C(=O)C(F)(F)F)N2. The predicted molar refractivity (Wildman–Crippen MR) is 87.0 cm³/mol. The zero-order valence-corrected chi connectivity index (χ0v) is 14.0. The number of alkyl halides is 3. The number of hydrogen-bond acceptors (Lipinski definition) is 4. The Morgan fingerprint density at radius 3 is 2.46 bits per heavy atom. The van der Waals surface area contributed by atoms with Crippen molar-refractivity contribution in [1.29, 1.82) is 0 Å². The summed E-state index contributed by atoms with van der Waals surface area (Å²) in [7, 11) is 0. The second-order valence-corrected chi connectivity index (χ2v) is 7.22. The molecule has 2 amide bonds. The van der Waals surface area contributed by atoms with Gasteiger partial charge in [0, 0.05) is 22.2 Å². The first-order valence-corrected chi connectivity index (χ1v) is 7.77. The average Bonchev–Trinajstić information content (AvgIpc) is 2.76. The first-order valence-electron chi connectivity index (χ1n) is 6.95. The minimum absolute atomic E-state index is 0.0867. The molecule has 0 bridgehead atoms. The van der Waals surface area contributed by atoms with E-state index in [2.05, 4.69) is 16.0 Å². The van der Waals surface area contributed by atoms with Gasteiger partial charge in [0.1, 0.15) is 0 Å². The Labute approximate surface area is 141 Å². The van der Waals surface area contributed by atoms with Gasteiger partial charge in [-0.2, -0.15) is 13.2 Å². The number of rotatable bonds is 2. The van der Waals surface area contributed by atoms with Crippen molar-refractivity contribution in [3.8, 4) is 0 Å². The van der Waals surface area contributed by atoms with Gasteiger partial charge >= 0.3 is 12.2 Å². The molecule has 0 aromatic heterocycles. The van der Waals surface area contributed by atoms with Crippen LogP contribution in [0.2, 0.25) is 0 Å². The number of halogens is 3. The van der Waals surface area contributed by atoms with Gasteiger partial charge in [-0.1, -0.05) is 11.8 Å². The number of urea groups is 1. The summed E-state index contributed by atoms with van der Waals surface area (Å²) in [5.74, 6) is -1.92. The number of hydrogen-bond donors (Lipinski definition) is 3. The van der Waals surface area contributed by atoms with Crippen LogP contribution >= 0.6 is 11.8 Å². The third kappa shape index (κ3) is 4.92. The van der Waals surface area contributed by atoms with Crippen molar-refractivity contribution < 1.29 is 22.8 Å². The number of nitrogens with one attached hydrogen (secondary N) is 3. The molecule has 0 radical (unpaired) electrons. The second kappa shape index (κ2) is 6.39. The zero-order valence-electron chi connectivity index (χ0n) is 13.2. The highest BCUT2D eigenvalue weighted by Gasteiger charge is 2.37. The molecule has 3 N–H and O–H groups in total. The van der Waals surface area contributed by atoms with Crippen molar-refractivity contribution in [2.75, 3.05) is 10.6 Å². The molecule has 1 heterocycles. The summed E-state index contributed by atoms with van der Waals surface area (Å²) in [6, 6.07) is 4.46. The van der Waals surface area contributed by atoms with Crippen molar-refractivity contribution >= 4 is 35.0 Å². The van der Waals surface area contributed by atoms with Crippen LogP contribution in [0.3, 0.4) is 0 Å².